The largest absolute Gasteiger partial charge is 0.487 e. The van der Waals surface area contributed by atoms with Gasteiger partial charge in [0.1, 0.15) is 17.1 Å². The standard InChI is InChI=1S/C26H28FN7O/c1-26(2,16-28)33-15-17(13-31-33)25-20-14-30-24(29-3)12-22(20)34(32-25)18-8-10-19(11-9-18)35-23-7-5-4-6-21(23)27/h4-7,12-15,18-19H,8-11H2,1-3H3,(H,29,30)/t18-,19+. The molecule has 1 saturated carbocycles. The Morgan fingerprint density at radius 1 is 1.17 bits per heavy atom. The number of hydrogen-bond acceptors (Lipinski definition) is 6. The number of nitrogens with zero attached hydrogens (tertiary/aromatic N) is 6. The molecule has 0 bridgehead atoms. The minimum atomic E-state index is -0.759. The van der Waals surface area contributed by atoms with Crippen molar-refractivity contribution >= 4 is 16.7 Å². The zero-order valence-electron chi connectivity index (χ0n) is 20.1. The molecule has 0 aliphatic heterocycles. The molecule has 35 heavy (non-hydrogen) atoms. The predicted molar refractivity (Wildman–Crippen MR) is 132 cm³/mol. The van der Waals surface area contributed by atoms with Crippen LogP contribution in [0.4, 0.5) is 10.2 Å². The molecular formula is C26H28FN7O. The predicted octanol–water partition coefficient (Wildman–Crippen LogP) is 5.30. The van der Waals surface area contributed by atoms with E-state index in [1.54, 1.807) is 29.1 Å². The Balaban J connectivity index is 1.44. The van der Waals surface area contributed by atoms with Crippen molar-refractivity contribution < 1.29 is 9.13 Å². The number of para-hydroxylation sites is 1. The number of fused-ring (bicyclic) bond motifs is 1. The van der Waals surface area contributed by atoms with Gasteiger partial charge in [0.05, 0.1) is 29.9 Å². The second kappa shape index (κ2) is 9.02. The summed E-state index contributed by atoms with van der Waals surface area (Å²) in [6.45, 7) is 3.64. The maximum Gasteiger partial charge on any atom is 0.165 e. The van der Waals surface area contributed by atoms with Crippen molar-refractivity contribution in [1.29, 1.82) is 5.26 Å². The SMILES string of the molecule is CNc1cc2c(cn1)c(-c1cnn(C(C)(C)C#N)c1)nn2[C@H]1CC[C@@H](Oc2ccccc2F)CC1. The van der Waals surface area contributed by atoms with Crippen LogP contribution in [0, 0.1) is 17.1 Å². The highest BCUT2D eigenvalue weighted by atomic mass is 19.1. The van der Waals surface area contributed by atoms with Gasteiger partial charge in [-0.2, -0.15) is 15.5 Å². The number of pyridine rings is 1. The van der Waals surface area contributed by atoms with E-state index in [1.165, 1.54) is 6.07 Å². The molecule has 0 unspecified atom stereocenters. The van der Waals surface area contributed by atoms with Gasteiger partial charge in [-0.05, 0) is 51.7 Å². The van der Waals surface area contributed by atoms with Crippen molar-refractivity contribution in [3.05, 3.63) is 54.7 Å². The summed E-state index contributed by atoms with van der Waals surface area (Å²) in [6, 6.07) is 11.0. The molecule has 0 atom stereocenters. The normalized spacial score (nSPS) is 18.4. The molecule has 1 aliphatic carbocycles. The van der Waals surface area contributed by atoms with Gasteiger partial charge in [0.25, 0.3) is 0 Å². The molecule has 4 aromatic rings. The smallest absolute Gasteiger partial charge is 0.165 e. The summed E-state index contributed by atoms with van der Waals surface area (Å²) in [6.07, 6.45) is 8.78. The molecule has 1 fully saturated rings. The average molecular weight is 474 g/mol. The molecule has 8 nitrogen and oxygen atoms in total. The molecule has 3 aromatic heterocycles. The minimum absolute atomic E-state index is 0.0228. The Bertz CT molecular complexity index is 1390. The van der Waals surface area contributed by atoms with Crippen molar-refractivity contribution in [2.24, 2.45) is 0 Å². The Morgan fingerprint density at radius 2 is 1.94 bits per heavy atom. The van der Waals surface area contributed by atoms with Crippen molar-refractivity contribution in [2.75, 3.05) is 12.4 Å². The number of anilines is 1. The number of nitriles is 1. The molecule has 0 spiro atoms. The average Bonchev–Trinajstić information content (AvgIpc) is 3.51. The Morgan fingerprint density at radius 3 is 2.66 bits per heavy atom. The third-order valence-electron chi connectivity index (χ3n) is 6.67. The van der Waals surface area contributed by atoms with Crippen LogP contribution in [0.5, 0.6) is 5.75 Å². The zero-order valence-corrected chi connectivity index (χ0v) is 20.1. The highest BCUT2D eigenvalue weighted by Gasteiger charge is 2.28. The highest BCUT2D eigenvalue weighted by molar-refractivity contribution is 5.93. The van der Waals surface area contributed by atoms with Crippen LogP contribution < -0.4 is 10.1 Å². The van der Waals surface area contributed by atoms with Gasteiger partial charge in [0.15, 0.2) is 11.6 Å². The van der Waals surface area contributed by atoms with E-state index in [9.17, 15) is 9.65 Å². The number of halogens is 1. The van der Waals surface area contributed by atoms with E-state index in [-0.39, 0.29) is 18.0 Å². The summed E-state index contributed by atoms with van der Waals surface area (Å²) in [5, 5.41) is 23.0. The molecule has 0 amide bonds. The third-order valence-corrected chi connectivity index (χ3v) is 6.67. The zero-order chi connectivity index (χ0) is 24.6. The molecule has 0 saturated heterocycles. The number of nitrogens with one attached hydrogen (secondary N) is 1. The van der Waals surface area contributed by atoms with Crippen LogP contribution in [0.2, 0.25) is 0 Å². The second-order valence-corrected chi connectivity index (χ2v) is 9.45. The lowest BCUT2D eigenvalue weighted by Gasteiger charge is -2.29. The van der Waals surface area contributed by atoms with Crippen LogP contribution in [0.15, 0.2) is 48.9 Å². The first kappa shape index (κ1) is 22.8. The first-order chi connectivity index (χ1) is 16.9. The molecule has 1 aliphatic rings. The number of rotatable bonds is 6. The summed E-state index contributed by atoms with van der Waals surface area (Å²) in [5.41, 5.74) is 1.86. The van der Waals surface area contributed by atoms with E-state index >= 15 is 0 Å². The molecule has 1 aromatic carbocycles. The number of benzene rings is 1. The summed E-state index contributed by atoms with van der Waals surface area (Å²) in [7, 11) is 1.84. The van der Waals surface area contributed by atoms with Gasteiger partial charge < -0.3 is 10.1 Å². The number of ether oxygens (including phenoxy) is 1. The van der Waals surface area contributed by atoms with Crippen LogP contribution in [0.1, 0.15) is 45.6 Å². The van der Waals surface area contributed by atoms with E-state index in [1.807, 2.05) is 39.4 Å². The van der Waals surface area contributed by atoms with Gasteiger partial charge in [0.2, 0.25) is 0 Å². The van der Waals surface area contributed by atoms with Gasteiger partial charge in [-0.1, -0.05) is 12.1 Å². The van der Waals surface area contributed by atoms with Crippen molar-refractivity contribution in [1.82, 2.24) is 24.5 Å². The fourth-order valence-electron chi connectivity index (χ4n) is 4.59. The molecule has 3 heterocycles. The van der Waals surface area contributed by atoms with Crippen LogP contribution in [0.3, 0.4) is 0 Å². The van der Waals surface area contributed by atoms with E-state index in [0.29, 0.717) is 5.75 Å². The van der Waals surface area contributed by atoms with E-state index in [0.717, 1.165) is 53.7 Å². The summed E-state index contributed by atoms with van der Waals surface area (Å²) < 4.78 is 23.7. The van der Waals surface area contributed by atoms with Crippen LogP contribution in [0.25, 0.3) is 22.2 Å². The number of hydrogen-bond donors (Lipinski definition) is 1. The molecular weight excluding hydrogens is 445 g/mol. The van der Waals surface area contributed by atoms with E-state index in [2.05, 4.69) is 26.2 Å². The summed E-state index contributed by atoms with van der Waals surface area (Å²) in [4.78, 5) is 4.51. The lowest BCUT2D eigenvalue weighted by Crippen LogP contribution is -2.26. The highest BCUT2D eigenvalue weighted by Crippen LogP contribution is 2.37. The van der Waals surface area contributed by atoms with Gasteiger partial charge >= 0.3 is 0 Å². The Labute approximate surface area is 203 Å². The van der Waals surface area contributed by atoms with Crippen molar-refractivity contribution in [2.45, 2.75) is 57.2 Å². The van der Waals surface area contributed by atoms with Crippen LogP contribution >= 0.6 is 0 Å². The lowest BCUT2D eigenvalue weighted by atomic mass is 9.93. The number of aromatic nitrogens is 5. The minimum Gasteiger partial charge on any atom is -0.487 e. The van der Waals surface area contributed by atoms with Gasteiger partial charge in [-0.25, -0.2) is 9.37 Å². The molecule has 9 heteroatoms. The van der Waals surface area contributed by atoms with Crippen LogP contribution in [-0.2, 0) is 5.54 Å². The second-order valence-electron chi connectivity index (χ2n) is 9.45. The van der Waals surface area contributed by atoms with Gasteiger partial charge in [-0.3, -0.25) is 9.36 Å². The van der Waals surface area contributed by atoms with Gasteiger partial charge in [-0.15, -0.1) is 0 Å². The van der Waals surface area contributed by atoms with E-state index in [4.69, 9.17) is 9.84 Å². The maximum atomic E-state index is 14.0. The van der Waals surface area contributed by atoms with Gasteiger partial charge in [0, 0.05) is 36.5 Å². The van der Waals surface area contributed by atoms with Crippen LogP contribution in [-0.4, -0.2) is 37.7 Å². The Kier molecular flexibility index (Phi) is 5.89. The molecule has 1 N–H and O–H groups in total. The molecule has 180 valence electrons. The van der Waals surface area contributed by atoms with Crippen molar-refractivity contribution in [3.63, 3.8) is 0 Å². The monoisotopic (exact) mass is 473 g/mol. The fraction of sp³-hybridized carbons (Fsp3) is 0.385. The summed E-state index contributed by atoms with van der Waals surface area (Å²) in [5.74, 6) is 0.748. The molecule has 5 rings (SSSR count). The van der Waals surface area contributed by atoms with Crippen molar-refractivity contribution in [3.8, 4) is 23.1 Å². The third kappa shape index (κ3) is 4.32. The first-order valence-corrected chi connectivity index (χ1v) is 11.8. The molecule has 0 radical (unpaired) electrons. The fourth-order valence-corrected chi connectivity index (χ4v) is 4.59. The quantitative estimate of drug-likeness (QED) is 0.409. The summed E-state index contributed by atoms with van der Waals surface area (Å²) >= 11 is 0. The topological polar surface area (TPSA) is 93.6 Å². The Hall–Kier alpha value is -3.93. The first-order valence-electron chi connectivity index (χ1n) is 11.8. The lowest BCUT2D eigenvalue weighted by molar-refractivity contribution is 0.126. The van der Waals surface area contributed by atoms with E-state index < -0.39 is 5.54 Å². The maximum absolute atomic E-state index is 14.0.